The standard InChI is InChI=1S/C27H30N4O7S/c1-28(2)39(36,37)19-8-6-7-18(17-19)23(32)22-24(33)25(34)31(12-11-30-13-15-38-16-14-30)27(22)20-9-4-5-10-21(20)29(3)26(27)35/h4-10,17,32H,11-16H2,1-3H3/b23-22+. The first-order valence-corrected chi connectivity index (χ1v) is 14.0. The summed E-state index contributed by atoms with van der Waals surface area (Å²) in [6.07, 6.45) is 0. The molecule has 5 rings (SSSR count). The van der Waals surface area contributed by atoms with Gasteiger partial charge in [-0.25, -0.2) is 12.7 Å². The molecule has 2 amide bonds. The normalized spacial score (nSPS) is 23.3. The molecule has 2 saturated heterocycles. The Hall–Kier alpha value is -3.58. The highest BCUT2D eigenvalue weighted by Gasteiger charge is 2.66. The van der Waals surface area contributed by atoms with Crippen molar-refractivity contribution in [1.82, 2.24) is 14.1 Å². The van der Waals surface area contributed by atoms with Gasteiger partial charge in [-0.15, -0.1) is 0 Å². The number of Topliss-reactive ketones (excluding diaryl/α,β-unsaturated/α-hetero) is 1. The summed E-state index contributed by atoms with van der Waals surface area (Å²) in [5.41, 5.74) is -1.36. The maximum atomic E-state index is 14.1. The number of likely N-dealkylation sites (N-methyl/N-ethyl adjacent to an activating group) is 1. The number of sulfonamides is 1. The second kappa shape index (κ2) is 9.87. The third-order valence-electron chi connectivity index (χ3n) is 7.57. The van der Waals surface area contributed by atoms with E-state index in [0.717, 1.165) is 4.31 Å². The van der Waals surface area contributed by atoms with Gasteiger partial charge in [0.25, 0.3) is 17.6 Å². The highest BCUT2D eigenvalue weighted by molar-refractivity contribution is 7.89. The first kappa shape index (κ1) is 27.0. The van der Waals surface area contributed by atoms with Gasteiger partial charge in [-0.1, -0.05) is 30.3 Å². The van der Waals surface area contributed by atoms with Gasteiger partial charge in [-0.05, 0) is 18.2 Å². The molecule has 0 bridgehead atoms. The summed E-state index contributed by atoms with van der Waals surface area (Å²) in [5, 5.41) is 11.6. The van der Waals surface area contributed by atoms with Crippen LogP contribution in [0.25, 0.3) is 5.76 Å². The number of carbonyl (C=O) groups is 3. The van der Waals surface area contributed by atoms with E-state index in [1.807, 2.05) is 0 Å². The van der Waals surface area contributed by atoms with Crippen molar-refractivity contribution in [3.8, 4) is 0 Å². The van der Waals surface area contributed by atoms with Gasteiger partial charge in [0.1, 0.15) is 5.76 Å². The number of anilines is 1. The van der Waals surface area contributed by atoms with Crippen molar-refractivity contribution in [2.24, 2.45) is 0 Å². The second-order valence-electron chi connectivity index (χ2n) is 9.87. The SMILES string of the molecule is CN1C(=O)C2(/C(=C(/O)c3cccc(S(=O)(=O)N(C)C)c3)C(=O)C(=O)N2CCN2CCOCC2)c2ccccc21. The van der Waals surface area contributed by atoms with E-state index in [1.54, 1.807) is 31.3 Å². The Balaban J connectivity index is 1.71. The fourth-order valence-corrected chi connectivity index (χ4v) is 6.44. The molecule has 39 heavy (non-hydrogen) atoms. The van der Waals surface area contributed by atoms with Gasteiger partial charge in [-0.2, -0.15) is 0 Å². The summed E-state index contributed by atoms with van der Waals surface area (Å²) in [7, 11) is 0.455. The topological polar surface area (TPSA) is 128 Å². The smallest absolute Gasteiger partial charge is 0.296 e. The number of aliphatic hydroxyl groups excluding tert-OH is 1. The fourth-order valence-electron chi connectivity index (χ4n) is 5.50. The van der Waals surface area contributed by atoms with Crippen LogP contribution in [0.4, 0.5) is 5.69 Å². The zero-order valence-corrected chi connectivity index (χ0v) is 22.8. The number of carbonyl (C=O) groups excluding carboxylic acids is 3. The molecule has 1 unspecified atom stereocenters. The van der Waals surface area contributed by atoms with E-state index < -0.39 is 38.9 Å². The molecule has 0 aromatic heterocycles. The summed E-state index contributed by atoms with van der Waals surface area (Å²) >= 11 is 0. The van der Waals surface area contributed by atoms with E-state index in [0.29, 0.717) is 44.1 Å². The predicted molar refractivity (Wildman–Crippen MR) is 142 cm³/mol. The highest BCUT2D eigenvalue weighted by atomic mass is 32.2. The van der Waals surface area contributed by atoms with Crippen LogP contribution in [0.15, 0.2) is 59.0 Å². The van der Waals surface area contributed by atoms with Gasteiger partial charge < -0.3 is 19.6 Å². The summed E-state index contributed by atoms with van der Waals surface area (Å²) in [6.45, 7) is 2.84. The van der Waals surface area contributed by atoms with Crippen molar-refractivity contribution in [2.75, 3.05) is 65.4 Å². The lowest BCUT2D eigenvalue weighted by Gasteiger charge is -2.36. The number of likely N-dealkylation sites (tertiary alicyclic amines) is 1. The van der Waals surface area contributed by atoms with E-state index in [2.05, 4.69) is 4.90 Å². The van der Waals surface area contributed by atoms with Crippen LogP contribution in [0.1, 0.15) is 11.1 Å². The maximum Gasteiger partial charge on any atom is 0.296 e. The van der Waals surface area contributed by atoms with Gasteiger partial charge in [0.05, 0.1) is 23.7 Å². The van der Waals surface area contributed by atoms with Crippen molar-refractivity contribution in [3.05, 3.63) is 65.2 Å². The van der Waals surface area contributed by atoms with Crippen LogP contribution in [0.2, 0.25) is 0 Å². The third kappa shape index (κ3) is 4.06. The largest absolute Gasteiger partial charge is 0.507 e. The number of nitrogens with zero attached hydrogens (tertiary/aromatic N) is 4. The van der Waals surface area contributed by atoms with Crippen LogP contribution in [0.3, 0.4) is 0 Å². The Bertz CT molecular complexity index is 1500. The quantitative estimate of drug-likeness (QED) is 0.316. The van der Waals surface area contributed by atoms with Crippen molar-refractivity contribution >= 4 is 39.1 Å². The molecule has 0 aliphatic carbocycles. The number of morpholine rings is 1. The fraction of sp³-hybridized carbons (Fsp3) is 0.370. The molecule has 3 aliphatic rings. The van der Waals surface area contributed by atoms with Gasteiger partial charge >= 0.3 is 0 Å². The van der Waals surface area contributed by atoms with Gasteiger partial charge in [-0.3, -0.25) is 19.3 Å². The van der Waals surface area contributed by atoms with Gasteiger partial charge in [0.2, 0.25) is 10.0 Å². The van der Waals surface area contributed by atoms with E-state index in [1.165, 1.54) is 48.2 Å². The van der Waals surface area contributed by atoms with E-state index >= 15 is 0 Å². The Morgan fingerprint density at radius 2 is 1.72 bits per heavy atom. The molecule has 12 heteroatoms. The molecule has 11 nitrogen and oxygen atoms in total. The highest BCUT2D eigenvalue weighted by Crippen LogP contribution is 2.53. The number of benzene rings is 2. The zero-order chi connectivity index (χ0) is 28.1. The molecule has 0 saturated carbocycles. The molecule has 1 N–H and O–H groups in total. The van der Waals surface area contributed by atoms with Crippen LogP contribution in [0.5, 0.6) is 0 Å². The Kier molecular flexibility index (Phi) is 6.83. The molecule has 2 aromatic rings. The van der Waals surface area contributed by atoms with Crippen LogP contribution < -0.4 is 4.90 Å². The molecule has 206 valence electrons. The number of hydrogen-bond acceptors (Lipinski definition) is 8. The molecular weight excluding hydrogens is 524 g/mol. The number of ketones is 1. The molecular formula is C27H30N4O7S. The molecule has 2 fully saturated rings. The lowest BCUT2D eigenvalue weighted by molar-refractivity contribution is -0.144. The number of hydrogen-bond donors (Lipinski definition) is 1. The zero-order valence-electron chi connectivity index (χ0n) is 22.0. The number of ether oxygens (including phenoxy) is 1. The van der Waals surface area contributed by atoms with Crippen LogP contribution in [-0.4, -0.2) is 106 Å². The maximum absolute atomic E-state index is 14.1. The average Bonchev–Trinajstić information content (AvgIpc) is 3.30. The van der Waals surface area contributed by atoms with Crippen molar-refractivity contribution in [1.29, 1.82) is 0 Å². The lowest BCUT2D eigenvalue weighted by atomic mass is 9.82. The molecule has 3 aliphatic heterocycles. The van der Waals surface area contributed by atoms with Crippen molar-refractivity contribution in [3.63, 3.8) is 0 Å². The summed E-state index contributed by atoms with van der Waals surface area (Å²) in [4.78, 5) is 45.9. The predicted octanol–water partition coefficient (Wildman–Crippen LogP) is 0.821. The Morgan fingerprint density at radius 1 is 1.03 bits per heavy atom. The van der Waals surface area contributed by atoms with Crippen LogP contribution in [0, 0.1) is 0 Å². The van der Waals surface area contributed by atoms with E-state index in [9.17, 15) is 27.9 Å². The molecule has 3 heterocycles. The third-order valence-corrected chi connectivity index (χ3v) is 9.38. The monoisotopic (exact) mass is 554 g/mol. The summed E-state index contributed by atoms with van der Waals surface area (Å²) in [6, 6.07) is 12.3. The minimum absolute atomic E-state index is 0.00307. The molecule has 0 radical (unpaired) electrons. The molecule has 1 spiro atoms. The first-order chi connectivity index (χ1) is 18.5. The van der Waals surface area contributed by atoms with Crippen molar-refractivity contribution < 1.29 is 32.6 Å². The number of para-hydroxylation sites is 1. The Labute approximate surface area is 226 Å². The average molecular weight is 555 g/mol. The Morgan fingerprint density at radius 3 is 2.41 bits per heavy atom. The van der Waals surface area contributed by atoms with Crippen molar-refractivity contribution in [2.45, 2.75) is 10.4 Å². The first-order valence-electron chi connectivity index (χ1n) is 12.5. The van der Waals surface area contributed by atoms with Gasteiger partial charge in [0, 0.05) is 64.1 Å². The van der Waals surface area contributed by atoms with Crippen LogP contribution in [-0.2, 0) is 34.7 Å². The minimum atomic E-state index is -3.86. The molecule has 1 atom stereocenters. The lowest BCUT2D eigenvalue weighted by Crippen LogP contribution is -2.53. The van der Waals surface area contributed by atoms with Crippen LogP contribution >= 0.6 is 0 Å². The number of fused-ring (bicyclic) bond motifs is 2. The second-order valence-corrected chi connectivity index (χ2v) is 12.0. The summed E-state index contributed by atoms with van der Waals surface area (Å²) < 4.78 is 32.0. The minimum Gasteiger partial charge on any atom is -0.507 e. The van der Waals surface area contributed by atoms with E-state index in [-0.39, 0.29) is 22.6 Å². The van der Waals surface area contributed by atoms with E-state index in [4.69, 9.17) is 4.74 Å². The summed E-state index contributed by atoms with van der Waals surface area (Å²) in [5.74, 6) is -3.07. The van der Waals surface area contributed by atoms with Gasteiger partial charge in [0.15, 0.2) is 5.54 Å². The number of rotatable bonds is 6. The molecule has 2 aromatic carbocycles. The number of amides is 2. The number of aliphatic hydroxyl groups is 1.